The van der Waals surface area contributed by atoms with Gasteiger partial charge in [0.1, 0.15) is 12.4 Å². The molecule has 152 valence electrons. The van der Waals surface area contributed by atoms with Gasteiger partial charge in [-0.3, -0.25) is 14.4 Å². The standard InChI is InChI=1S/C23H25NO5/c1-15(17-7-5-4-6-8-17)24-13-19(12-22(24)26)23(27)29-14-20-11-18(16(2)25)9-10-21(20)28-3/h4-11,15,19H,12-14H2,1-3H3/t15-,19+/m0/s1. The molecule has 0 N–H and O–H groups in total. The van der Waals surface area contributed by atoms with Crippen molar-refractivity contribution in [3.8, 4) is 5.75 Å². The van der Waals surface area contributed by atoms with E-state index in [1.54, 1.807) is 23.1 Å². The average molecular weight is 395 g/mol. The summed E-state index contributed by atoms with van der Waals surface area (Å²) in [5.74, 6) is -0.511. The van der Waals surface area contributed by atoms with Gasteiger partial charge in [-0.2, -0.15) is 0 Å². The first kappa shape index (κ1) is 20.6. The van der Waals surface area contributed by atoms with E-state index in [9.17, 15) is 14.4 Å². The Bertz CT molecular complexity index is 909. The topological polar surface area (TPSA) is 72.9 Å². The second kappa shape index (κ2) is 8.90. The molecule has 6 heteroatoms. The molecule has 0 aliphatic carbocycles. The van der Waals surface area contributed by atoms with Crippen molar-refractivity contribution in [3.05, 3.63) is 65.2 Å². The molecule has 1 aliphatic rings. The molecule has 0 spiro atoms. The lowest BCUT2D eigenvalue weighted by molar-refractivity contribution is -0.149. The van der Waals surface area contributed by atoms with Crippen LogP contribution in [0.4, 0.5) is 0 Å². The number of Topliss-reactive ketones (excluding diaryl/α,β-unsaturated/α-hetero) is 1. The van der Waals surface area contributed by atoms with Crippen molar-refractivity contribution in [2.24, 2.45) is 5.92 Å². The minimum atomic E-state index is -0.504. The summed E-state index contributed by atoms with van der Waals surface area (Å²) in [5, 5.41) is 0. The molecule has 1 saturated heterocycles. The quantitative estimate of drug-likeness (QED) is 0.530. The largest absolute Gasteiger partial charge is 0.496 e. The Morgan fingerprint density at radius 3 is 2.55 bits per heavy atom. The summed E-state index contributed by atoms with van der Waals surface area (Å²) in [5.41, 5.74) is 2.17. The molecule has 0 aromatic heterocycles. The smallest absolute Gasteiger partial charge is 0.311 e. The van der Waals surface area contributed by atoms with Crippen LogP contribution >= 0.6 is 0 Å². The highest BCUT2D eigenvalue weighted by molar-refractivity contribution is 5.94. The number of rotatable bonds is 7. The van der Waals surface area contributed by atoms with Crippen LogP contribution in [-0.4, -0.2) is 36.2 Å². The Hall–Kier alpha value is -3.15. The molecule has 6 nitrogen and oxygen atoms in total. The van der Waals surface area contributed by atoms with Gasteiger partial charge >= 0.3 is 5.97 Å². The number of carbonyl (C=O) groups is 3. The lowest BCUT2D eigenvalue weighted by Gasteiger charge is -2.25. The molecule has 1 aliphatic heterocycles. The molecule has 1 amide bonds. The predicted octanol–water partition coefficient (Wildman–Crippen LogP) is 3.55. The number of nitrogens with zero attached hydrogens (tertiary/aromatic N) is 1. The molecule has 2 aromatic rings. The van der Waals surface area contributed by atoms with Gasteiger partial charge in [-0.25, -0.2) is 0 Å². The van der Waals surface area contributed by atoms with Crippen molar-refractivity contribution in [1.29, 1.82) is 0 Å². The number of benzene rings is 2. The Morgan fingerprint density at radius 1 is 1.17 bits per heavy atom. The molecular formula is C23H25NO5. The minimum Gasteiger partial charge on any atom is -0.496 e. The molecule has 29 heavy (non-hydrogen) atoms. The van der Waals surface area contributed by atoms with E-state index >= 15 is 0 Å². The second-order valence-corrected chi connectivity index (χ2v) is 7.22. The van der Waals surface area contributed by atoms with Crippen molar-refractivity contribution in [2.45, 2.75) is 32.9 Å². The maximum Gasteiger partial charge on any atom is 0.311 e. The van der Waals surface area contributed by atoms with Crippen molar-refractivity contribution in [1.82, 2.24) is 4.90 Å². The van der Waals surface area contributed by atoms with Crippen LogP contribution in [0.1, 0.15) is 47.8 Å². The summed E-state index contributed by atoms with van der Waals surface area (Å²) in [6, 6.07) is 14.6. The van der Waals surface area contributed by atoms with Crippen LogP contribution in [0.2, 0.25) is 0 Å². The maximum absolute atomic E-state index is 12.6. The third-order valence-electron chi connectivity index (χ3n) is 5.30. The Balaban J connectivity index is 1.64. The molecule has 2 atom stereocenters. The van der Waals surface area contributed by atoms with Crippen LogP contribution in [-0.2, 0) is 20.9 Å². The van der Waals surface area contributed by atoms with Gasteiger partial charge < -0.3 is 14.4 Å². The zero-order valence-electron chi connectivity index (χ0n) is 16.9. The van der Waals surface area contributed by atoms with Gasteiger partial charge in [-0.15, -0.1) is 0 Å². The third-order valence-corrected chi connectivity index (χ3v) is 5.30. The molecule has 3 rings (SSSR count). The molecule has 0 unspecified atom stereocenters. The van der Waals surface area contributed by atoms with Gasteiger partial charge in [-0.05, 0) is 37.6 Å². The number of hydrogen-bond acceptors (Lipinski definition) is 5. The van der Waals surface area contributed by atoms with E-state index in [4.69, 9.17) is 9.47 Å². The zero-order valence-corrected chi connectivity index (χ0v) is 16.9. The highest BCUT2D eigenvalue weighted by Gasteiger charge is 2.38. The van der Waals surface area contributed by atoms with E-state index in [1.165, 1.54) is 14.0 Å². The number of hydrogen-bond donors (Lipinski definition) is 0. The summed E-state index contributed by atoms with van der Waals surface area (Å²) in [6.07, 6.45) is 0.140. The molecule has 0 bridgehead atoms. The van der Waals surface area contributed by atoms with Crippen LogP contribution in [0.15, 0.2) is 48.5 Å². The number of carbonyl (C=O) groups excluding carboxylic acids is 3. The Kier molecular flexibility index (Phi) is 6.32. The van der Waals surface area contributed by atoms with Crippen molar-refractivity contribution in [2.75, 3.05) is 13.7 Å². The molecule has 1 fully saturated rings. The lowest BCUT2D eigenvalue weighted by atomic mass is 10.1. The number of likely N-dealkylation sites (tertiary alicyclic amines) is 1. The predicted molar refractivity (Wildman–Crippen MR) is 107 cm³/mol. The van der Waals surface area contributed by atoms with Crippen molar-refractivity contribution >= 4 is 17.7 Å². The minimum absolute atomic E-state index is 0.0118. The molecule has 2 aromatic carbocycles. The maximum atomic E-state index is 12.6. The first-order valence-electron chi connectivity index (χ1n) is 9.59. The molecular weight excluding hydrogens is 370 g/mol. The van der Waals surface area contributed by atoms with Crippen LogP contribution in [0, 0.1) is 5.92 Å². The fraction of sp³-hybridized carbons (Fsp3) is 0.348. The zero-order chi connectivity index (χ0) is 21.0. The van der Waals surface area contributed by atoms with Crippen molar-refractivity contribution in [3.63, 3.8) is 0 Å². The van der Waals surface area contributed by atoms with Gasteiger partial charge in [0.25, 0.3) is 0 Å². The van der Waals surface area contributed by atoms with Crippen molar-refractivity contribution < 1.29 is 23.9 Å². The van der Waals surface area contributed by atoms with Gasteiger partial charge in [0.15, 0.2) is 5.78 Å². The Labute approximate surface area is 170 Å². The monoisotopic (exact) mass is 395 g/mol. The van der Waals surface area contributed by atoms with Crippen LogP contribution in [0.25, 0.3) is 0 Å². The average Bonchev–Trinajstić information content (AvgIpc) is 3.13. The number of amides is 1. The first-order valence-corrected chi connectivity index (χ1v) is 9.59. The van der Waals surface area contributed by atoms with E-state index in [2.05, 4.69) is 0 Å². The summed E-state index contributed by atoms with van der Waals surface area (Å²) in [7, 11) is 1.52. The third kappa shape index (κ3) is 4.65. The summed E-state index contributed by atoms with van der Waals surface area (Å²) in [4.78, 5) is 38.4. The van der Waals surface area contributed by atoms with Crippen LogP contribution in [0.3, 0.4) is 0 Å². The first-order chi connectivity index (χ1) is 13.9. The number of ketones is 1. The molecule has 0 radical (unpaired) electrons. The van der Waals surface area contributed by atoms with Gasteiger partial charge in [0.05, 0.1) is 19.1 Å². The number of esters is 1. The number of ether oxygens (including phenoxy) is 2. The number of methoxy groups -OCH3 is 1. The van der Waals surface area contributed by atoms with E-state index < -0.39 is 11.9 Å². The fourth-order valence-electron chi connectivity index (χ4n) is 3.55. The second-order valence-electron chi connectivity index (χ2n) is 7.22. The summed E-state index contributed by atoms with van der Waals surface area (Å²) in [6.45, 7) is 3.75. The van der Waals surface area contributed by atoms with E-state index in [0.717, 1.165) is 5.56 Å². The van der Waals surface area contributed by atoms with Gasteiger partial charge in [-0.1, -0.05) is 30.3 Å². The molecule has 0 saturated carbocycles. The highest BCUT2D eigenvalue weighted by atomic mass is 16.5. The fourth-order valence-corrected chi connectivity index (χ4v) is 3.55. The van der Waals surface area contributed by atoms with E-state index in [1.807, 2.05) is 37.3 Å². The summed E-state index contributed by atoms with van der Waals surface area (Å²) < 4.78 is 10.7. The SMILES string of the molecule is COc1ccc(C(C)=O)cc1COC(=O)[C@@H]1CC(=O)N([C@@H](C)c2ccccc2)C1. The lowest BCUT2D eigenvalue weighted by Crippen LogP contribution is -2.29. The van der Waals surface area contributed by atoms with Gasteiger partial charge in [0.2, 0.25) is 5.91 Å². The van der Waals surface area contributed by atoms with E-state index in [0.29, 0.717) is 23.4 Å². The van der Waals surface area contributed by atoms with Gasteiger partial charge in [0, 0.05) is 24.1 Å². The molecule has 1 heterocycles. The summed E-state index contributed by atoms with van der Waals surface area (Å²) >= 11 is 0. The van der Waals surface area contributed by atoms with Crippen LogP contribution in [0.5, 0.6) is 5.75 Å². The Morgan fingerprint density at radius 2 is 1.90 bits per heavy atom. The highest BCUT2D eigenvalue weighted by Crippen LogP contribution is 2.29. The van der Waals surface area contributed by atoms with E-state index in [-0.39, 0.29) is 30.8 Å². The van der Waals surface area contributed by atoms with Crippen LogP contribution < -0.4 is 4.74 Å². The normalized spacial score (nSPS) is 17.1.